The third kappa shape index (κ3) is 5.01. The summed E-state index contributed by atoms with van der Waals surface area (Å²) >= 11 is 0. The quantitative estimate of drug-likeness (QED) is 0.302. The van der Waals surface area contributed by atoms with Gasteiger partial charge in [0.05, 0.1) is 29.2 Å². The Morgan fingerprint density at radius 1 is 1.08 bits per heavy atom. The Labute approximate surface area is 207 Å². The zero-order valence-corrected chi connectivity index (χ0v) is 20.1. The third-order valence-corrected chi connectivity index (χ3v) is 6.32. The molecule has 0 aromatic carbocycles. The molecule has 0 saturated heterocycles. The van der Waals surface area contributed by atoms with Gasteiger partial charge in [0.2, 0.25) is 0 Å². The van der Waals surface area contributed by atoms with Gasteiger partial charge in [-0.2, -0.15) is 5.10 Å². The van der Waals surface area contributed by atoms with Crippen molar-refractivity contribution in [2.24, 2.45) is 0 Å². The van der Waals surface area contributed by atoms with E-state index in [0.717, 1.165) is 31.9 Å². The fourth-order valence-electron chi connectivity index (χ4n) is 4.35. The highest BCUT2D eigenvalue weighted by Gasteiger charge is 2.22. The molecule has 4 heterocycles. The van der Waals surface area contributed by atoms with Crippen molar-refractivity contribution in [3.05, 3.63) is 60.4 Å². The average Bonchev–Trinajstić information content (AvgIpc) is 3.50. The zero-order chi connectivity index (χ0) is 25.2. The molecule has 0 radical (unpaired) electrons. The lowest BCUT2D eigenvalue weighted by Crippen LogP contribution is -2.29. The van der Waals surface area contributed by atoms with Crippen molar-refractivity contribution >= 4 is 34.4 Å². The lowest BCUT2D eigenvalue weighted by atomic mass is 9.93. The number of nitrogens with zero attached hydrogens (tertiary/aromatic N) is 5. The van der Waals surface area contributed by atoms with E-state index in [1.165, 1.54) is 16.8 Å². The summed E-state index contributed by atoms with van der Waals surface area (Å²) in [6.07, 6.45) is 7.20. The molecule has 5 rings (SSSR count). The third-order valence-electron chi connectivity index (χ3n) is 6.32. The van der Waals surface area contributed by atoms with Crippen molar-refractivity contribution in [2.45, 2.75) is 57.7 Å². The summed E-state index contributed by atoms with van der Waals surface area (Å²) < 4.78 is 17.5. The minimum Gasteiger partial charge on any atom is -0.393 e. The summed E-state index contributed by atoms with van der Waals surface area (Å²) in [6.45, 7) is 4.10. The average molecular weight is 493 g/mol. The topological polar surface area (TPSA) is 121 Å². The van der Waals surface area contributed by atoms with Gasteiger partial charge in [0.15, 0.2) is 11.6 Å². The minimum atomic E-state index is -0.621. The highest BCUT2D eigenvalue weighted by atomic mass is 19.1. The molecule has 10 nitrogen and oxygen atoms in total. The van der Waals surface area contributed by atoms with Crippen LogP contribution in [0.3, 0.4) is 0 Å². The number of carbonyl (C=O) groups is 1. The first-order chi connectivity index (χ1) is 17.4. The Hall–Kier alpha value is -3.99. The largest absolute Gasteiger partial charge is 0.393 e. The summed E-state index contributed by atoms with van der Waals surface area (Å²) in [5.41, 5.74) is 1.67. The Bertz CT molecular complexity index is 1370. The van der Waals surface area contributed by atoms with Crippen LogP contribution >= 0.6 is 0 Å². The van der Waals surface area contributed by atoms with Crippen molar-refractivity contribution < 1.29 is 14.3 Å². The number of aromatic nitrogens is 5. The number of carbonyl (C=O) groups excluding carboxylic acids is 1. The maximum atomic E-state index is 14.1. The predicted molar refractivity (Wildman–Crippen MR) is 135 cm³/mol. The Morgan fingerprint density at radius 3 is 2.61 bits per heavy atom. The maximum absolute atomic E-state index is 14.1. The van der Waals surface area contributed by atoms with Crippen molar-refractivity contribution in [1.82, 2.24) is 24.4 Å². The van der Waals surface area contributed by atoms with E-state index in [1.54, 1.807) is 12.1 Å². The number of aliphatic hydroxyl groups excluding tert-OH is 1. The molecule has 0 atom stereocenters. The van der Waals surface area contributed by atoms with E-state index in [1.807, 2.05) is 36.9 Å². The van der Waals surface area contributed by atoms with Gasteiger partial charge >= 0.3 is 0 Å². The number of amides is 1. The first kappa shape index (κ1) is 23.7. The van der Waals surface area contributed by atoms with Crippen LogP contribution in [0.4, 0.5) is 27.4 Å². The zero-order valence-electron chi connectivity index (χ0n) is 20.1. The first-order valence-corrected chi connectivity index (χ1v) is 12.1. The van der Waals surface area contributed by atoms with E-state index in [0.29, 0.717) is 22.8 Å². The Kier molecular flexibility index (Phi) is 6.55. The van der Waals surface area contributed by atoms with Gasteiger partial charge in [-0.1, -0.05) is 0 Å². The number of hydrogen-bond donors (Lipinski definition) is 4. The number of anilines is 4. The molecule has 1 fully saturated rings. The van der Waals surface area contributed by atoms with Gasteiger partial charge in [0, 0.05) is 36.6 Å². The Balaban J connectivity index is 1.49. The second-order valence-electron chi connectivity index (χ2n) is 9.32. The van der Waals surface area contributed by atoms with Gasteiger partial charge < -0.3 is 21.1 Å². The molecule has 1 amide bonds. The second-order valence-corrected chi connectivity index (χ2v) is 9.32. The smallest absolute Gasteiger partial charge is 0.274 e. The van der Waals surface area contributed by atoms with Crippen LogP contribution in [-0.2, 0) is 0 Å². The van der Waals surface area contributed by atoms with E-state index < -0.39 is 11.7 Å². The van der Waals surface area contributed by atoms with E-state index in [-0.39, 0.29) is 29.6 Å². The number of rotatable bonds is 7. The Morgan fingerprint density at radius 2 is 1.89 bits per heavy atom. The summed E-state index contributed by atoms with van der Waals surface area (Å²) in [7, 11) is 0. The lowest BCUT2D eigenvalue weighted by molar-refractivity contribution is 0.102. The molecule has 1 saturated carbocycles. The molecule has 0 bridgehead atoms. The fourth-order valence-corrected chi connectivity index (χ4v) is 4.35. The number of aliphatic hydroxyl groups is 1. The fraction of sp³-hybridized carbons (Fsp3) is 0.360. The molecule has 11 heteroatoms. The molecule has 1 aliphatic carbocycles. The molecule has 0 aliphatic heterocycles. The maximum Gasteiger partial charge on any atom is 0.274 e. The van der Waals surface area contributed by atoms with Crippen molar-refractivity contribution in [3.63, 3.8) is 0 Å². The van der Waals surface area contributed by atoms with E-state index >= 15 is 0 Å². The van der Waals surface area contributed by atoms with Crippen LogP contribution in [0.15, 0.2) is 48.9 Å². The number of nitrogens with one attached hydrogen (secondary N) is 3. The van der Waals surface area contributed by atoms with Gasteiger partial charge in [0.25, 0.3) is 5.91 Å². The molecule has 188 valence electrons. The summed E-state index contributed by atoms with van der Waals surface area (Å²) in [4.78, 5) is 16.8. The molecule has 0 unspecified atom stereocenters. The van der Waals surface area contributed by atoms with Gasteiger partial charge in [-0.3, -0.25) is 14.5 Å². The van der Waals surface area contributed by atoms with Crippen molar-refractivity contribution in [1.29, 1.82) is 0 Å². The predicted octanol–water partition coefficient (Wildman–Crippen LogP) is 4.36. The van der Waals surface area contributed by atoms with Crippen LogP contribution in [0.2, 0.25) is 0 Å². The van der Waals surface area contributed by atoms with Crippen LogP contribution in [0.1, 0.15) is 56.1 Å². The van der Waals surface area contributed by atoms with Crippen molar-refractivity contribution in [3.8, 4) is 0 Å². The first-order valence-electron chi connectivity index (χ1n) is 12.1. The lowest BCUT2D eigenvalue weighted by Gasteiger charge is -2.26. The van der Waals surface area contributed by atoms with E-state index in [2.05, 4.69) is 31.1 Å². The van der Waals surface area contributed by atoms with Gasteiger partial charge in [0.1, 0.15) is 11.5 Å². The van der Waals surface area contributed by atoms with Crippen molar-refractivity contribution in [2.75, 3.05) is 16.0 Å². The SMILES string of the molecule is CC(C)n1ccc(Nc2cc(NC3CCC(O)CC3)nn3c(C(=O)Nc4ccncc4F)ccc23)n1. The molecule has 0 spiro atoms. The van der Waals surface area contributed by atoms with Gasteiger partial charge in [-0.15, -0.1) is 5.10 Å². The summed E-state index contributed by atoms with van der Waals surface area (Å²) in [5.74, 6) is 0.120. The molecule has 4 N–H and O–H groups in total. The highest BCUT2D eigenvalue weighted by molar-refractivity contribution is 6.04. The highest BCUT2D eigenvalue weighted by Crippen LogP contribution is 2.28. The van der Waals surface area contributed by atoms with Crippen LogP contribution in [0.25, 0.3) is 5.52 Å². The molecular weight excluding hydrogens is 463 g/mol. The number of fused-ring (bicyclic) bond motifs is 1. The molecule has 4 aromatic rings. The summed E-state index contributed by atoms with van der Waals surface area (Å²) in [6, 6.07) is 8.98. The second kappa shape index (κ2) is 9.94. The van der Waals surface area contributed by atoms with E-state index in [9.17, 15) is 14.3 Å². The minimum absolute atomic E-state index is 0.0394. The standard InChI is InChI=1S/C25H29FN8O2/c1-15(2)33-12-10-23(31-33)29-20-13-24(28-16-3-5-17(35)6-4-16)32-34-21(20)7-8-22(34)25(36)30-19-9-11-27-14-18(19)26/h7-17,35H,3-6H2,1-2H3,(H,28,32)(H,29,31)(H,27,30,36). The number of hydrogen-bond acceptors (Lipinski definition) is 7. The molecule has 1 aliphatic rings. The van der Waals surface area contributed by atoms with Crippen LogP contribution in [-0.4, -0.2) is 47.5 Å². The van der Waals surface area contributed by atoms with Gasteiger partial charge in [-0.05, 0) is 57.7 Å². The normalized spacial score (nSPS) is 17.9. The molecular formula is C25H29FN8O2. The van der Waals surface area contributed by atoms with Crippen LogP contribution < -0.4 is 16.0 Å². The molecule has 4 aromatic heterocycles. The monoisotopic (exact) mass is 492 g/mol. The molecule has 36 heavy (non-hydrogen) atoms. The van der Waals surface area contributed by atoms with Crippen LogP contribution in [0, 0.1) is 5.82 Å². The summed E-state index contributed by atoms with van der Waals surface area (Å²) in [5, 5.41) is 28.5. The van der Waals surface area contributed by atoms with Gasteiger partial charge in [-0.25, -0.2) is 8.91 Å². The number of halogens is 1. The van der Waals surface area contributed by atoms with E-state index in [4.69, 9.17) is 0 Å². The number of pyridine rings is 1. The van der Waals surface area contributed by atoms with Crippen LogP contribution in [0.5, 0.6) is 0 Å².